The van der Waals surface area contributed by atoms with Crippen LogP contribution < -0.4 is 11.1 Å². The van der Waals surface area contributed by atoms with E-state index in [4.69, 9.17) is 5.73 Å². The molecule has 15 heavy (non-hydrogen) atoms. The smallest absolute Gasteiger partial charge is 0.182 e. The van der Waals surface area contributed by atoms with Crippen LogP contribution in [-0.2, 0) is 0 Å². The Hall–Kier alpha value is -2.13. The molecule has 0 saturated carbocycles. The predicted molar refractivity (Wildman–Crippen MR) is 57.0 cm³/mol. The fourth-order valence-electron chi connectivity index (χ4n) is 1.16. The average Bonchev–Trinajstić information content (AvgIpc) is 2.73. The molecule has 0 radical (unpaired) electrons. The van der Waals surface area contributed by atoms with Gasteiger partial charge in [-0.1, -0.05) is 11.8 Å². The van der Waals surface area contributed by atoms with E-state index in [0.29, 0.717) is 24.6 Å². The normalized spacial score (nSPS) is 9.67. The van der Waals surface area contributed by atoms with Gasteiger partial charge in [-0.25, -0.2) is 15.0 Å². The van der Waals surface area contributed by atoms with Crippen molar-refractivity contribution in [1.82, 2.24) is 19.9 Å². The van der Waals surface area contributed by atoms with Crippen molar-refractivity contribution in [3.8, 4) is 11.8 Å². The molecule has 0 amide bonds. The van der Waals surface area contributed by atoms with Crippen molar-refractivity contribution in [2.75, 3.05) is 18.4 Å². The number of rotatable bonds is 2. The molecule has 0 bridgehead atoms. The largest absolute Gasteiger partial charge is 0.357 e. The van der Waals surface area contributed by atoms with E-state index in [-0.39, 0.29) is 0 Å². The van der Waals surface area contributed by atoms with Gasteiger partial charge in [0.2, 0.25) is 0 Å². The number of hydrogen-bond acceptors (Lipinski definition) is 5. The molecule has 2 aromatic rings. The first kappa shape index (κ1) is 9.43. The van der Waals surface area contributed by atoms with Crippen molar-refractivity contribution >= 4 is 17.0 Å². The second kappa shape index (κ2) is 4.39. The second-order valence-corrected chi connectivity index (χ2v) is 2.73. The zero-order chi connectivity index (χ0) is 10.5. The third kappa shape index (κ3) is 2.03. The highest BCUT2D eigenvalue weighted by Gasteiger charge is 2.03. The summed E-state index contributed by atoms with van der Waals surface area (Å²) >= 11 is 0. The van der Waals surface area contributed by atoms with E-state index in [1.165, 1.54) is 6.33 Å². The molecule has 0 aromatic carbocycles. The lowest BCUT2D eigenvalue weighted by molar-refractivity contribution is 1.17. The number of anilines is 1. The minimum absolute atomic E-state index is 0.366. The topological polar surface area (TPSA) is 92.5 Å². The Bertz CT molecular complexity index is 506. The summed E-state index contributed by atoms with van der Waals surface area (Å²) < 4.78 is 0. The van der Waals surface area contributed by atoms with Crippen molar-refractivity contribution in [3.63, 3.8) is 0 Å². The van der Waals surface area contributed by atoms with E-state index in [9.17, 15) is 0 Å². The number of nitrogens with zero attached hydrogens (tertiary/aromatic N) is 3. The van der Waals surface area contributed by atoms with Crippen LogP contribution in [0.3, 0.4) is 0 Å². The van der Waals surface area contributed by atoms with Gasteiger partial charge >= 0.3 is 0 Å². The molecule has 6 heteroatoms. The number of aromatic amines is 1. The zero-order valence-electron chi connectivity index (χ0n) is 7.99. The highest BCUT2D eigenvalue weighted by Crippen LogP contribution is 2.13. The van der Waals surface area contributed by atoms with E-state index < -0.39 is 0 Å². The van der Waals surface area contributed by atoms with Gasteiger partial charge in [0.05, 0.1) is 19.4 Å². The minimum Gasteiger partial charge on any atom is -0.357 e. The molecule has 6 nitrogen and oxygen atoms in total. The summed E-state index contributed by atoms with van der Waals surface area (Å²) in [5.74, 6) is 6.31. The number of hydrogen-bond donors (Lipinski definition) is 3. The lowest BCUT2D eigenvalue weighted by atomic mass is 10.4. The molecule has 0 fully saturated rings. The number of fused-ring (bicyclic) bond motifs is 1. The molecule has 0 aliphatic rings. The first-order chi connectivity index (χ1) is 7.42. The van der Waals surface area contributed by atoms with Crippen LogP contribution in [0.5, 0.6) is 0 Å². The molecular formula is C9H10N6. The van der Waals surface area contributed by atoms with Crippen LogP contribution in [0.2, 0.25) is 0 Å². The van der Waals surface area contributed by atoms with Crippen LogP contribution in [0.25, 0.3) is 11.2 Å². The molecule has 2 rings (SSSR count). The maximum Gasteiger partial charge on any atom is 0.182 e. The van der Waals surface area contributed by atoms with Crippen LogP contribution in [0.15, 0.2) is 12.7 Å². The molecule has 0 atom stereocenters. The van der Waals surface area contributed by atoms with E-state index >= 15 is 0 Å². The van der Waals surface area contributed by atoms with Gasteiger partial charge in [0.15, 0.2) is 11.5 Å². The Morgan fingerprint density at radius 2 is 2.27 bits per heavy atom. The summed E-state index contributed by atoms with van der Waals surface area (Å²) in [5, 5.41) is 3.06. The van der Waals surface area contributed by atoms with Gasteiger partial charge in [0, 0.05) is 0 Å². The Morgan fingerprint density at radius 1 is 1.33 bits per heavy atom. The number of imidazole rings is 1. The summed E-state index contributed by atoms with van der Waals surface area (Å²) in [7, 11) is 0. The lowest BCUT2D eigenvalue weighted by Crippen LogP contribution is -2.03. The van der Waals surface area contributed by atoms with Gasteiger partial charge in [-0.05, 0) is 0 Å². The Kier molecular flexibility index (Phi) is 2.76. The quantitative estimate of drug-likeness (QED) is 0.583. The van der Waals surface area contributed by atoms with Crippen molar-refractivity contribution in [2.24, 2.45) is 5.73 Å². The molecule has 0 unspecified atom stereocenters. The van der Waals surface area contributed by atoms with Gasteiger partial charge in [-0.15, -0.1) is 0 Å². The summed E-state index contributed by atoms with van der Waals surface area (Å²) in [6.07, 6.45) is 3.04. The molecule has 0 saturated heterocycles. The van der Waals surface area contributed by atoms with Crippen LogP contribution >= 0.6 is 0 Å². The summed E-state index contributed by atoms with van der Waals surface area (Å²) in [6, 6.07) is 0. The fraction of sp³-hybridized carbons (Fsp3) is 0.222. The highest BCUT2D eigenvalue weighted by molar-refractivity contribution is 5.81. The van der Waals surface area contributed by atoms with E-state index in [0.717, 1.165) is 5.52 Å². The van der Waals surface area contributed by atoms with Crippen LogP contribution in [0.1, 0.15) is 0 Å². The number of H-pyrrole nitrogens is 1. The maximum absolute atomic E-state index is 5.24. The van der Waals surface area contributed by atoms with E-state index in [1.807, 2.05) is 0 Å². The van der Waals surface area contributed by atoms with E-state index in [1.54, 1.807) is 6.33 Å². The van der Waals surface area contributed by atoms with Gasteiger partial charge in [-0.2, -0.15) is 0 Å². The fourth-order valence-corrected chi connectivity index (χ4v) is 1.16. The van der Waals surface area contributed by atoms with Crippen LogP contribution in [0, 0.1) is 11.8 Å². The molecule has 0 aliphatic heterocycles. The van der Waals surface area contributed by atoms with Crippen LogP contribution in [0.4, 0.5) is 5.82 Å². The van der Waals surface area contributed by atoms with Crippen molar-refractivity contribution in [1.29, 1.82) is 0 Å². The maximum atomic E-state index is 5.24. The van der Waals surface area contributed by atoms with E-state index in [2.05, 4.69) is 37.1 Å². The molecule has 0 aliphatic carbocycles. The van der Waals surface area contributed by atoms with Gasteiger partial charge in [0.25, 0.3) is 0 Å². The molecule has 2 heterocycles. The monoisotopic (exact) mass is 202 g/mol. The first-order valence-electron chi connectivity index (χ1n) is 4.45. The number of nitrogens with two attached hydrogens (primary N) is 1. The molecule has 2 aromatic heterocycles. The van der Waals surface area contributed by atoms with Gasteiger partial charge in [0.1, 0.15) is 11.8 Å². The van der Waals surface area contributed by atoms with Crippen molar-refractivity contribution in [2.45, 2.75) is 0 Å². The average molecular weight is 202 g/mol. The summed E-state index contributed by atoms with van der Waals surface area (Å²) in [6.45, 7) is 0.868. The highest BCUT2D eigenvalue weighted by atomic mass is 15.1. The minimum atomic E-state index is 0.366. The summed E-state index contributed by atoms with van der Waals surface area (Å²) in [5.41, 5.74) is 6.66. The molecule has 4 N–H and O–H groups in total. The third-order valence-corrected chi connectivity index (χ3v) is 1.79. The number of aromatic nitrogens is 4. The van der Waals surface area contributed by atoms with Gasteiger partial charge in [-0.3, -0.25) is 0 Å². The zero-order valence-corrected chi connectivity index (χ0v) is 7.99. The Labute approximate surface area is 86.3 Å². The van der Waals surface area contributed by atoms with Gasteiger partial charge < -0.3 is 16.0 Å². The molecular weight excluding hydrogens is 192 g/mol. The first-order valence-corrected chi connectivity index (χ1v) is 4.45. The van der Waals surface area contributed by atoms with Crippen molar-refractivity contribution in [3.05, 3.63) is 12.7 Å². The molecule has 0 spiro atoms. The predicted octanol–water partition coefficient (Wildman–Crippen LogP) is -0.273. The molecule has 76 valence electrons. The summed E-state index contributed by atoms with van der Waals surface area (Å²) in [4.78, 5) is 15.1. The van der Waals surface area contributed by atoms with Crippen molar-refractivity contribution < 1.29 is 0 Å². The third-order valence-electron chi connectivity index (χ3n) is 1.79. The lowest BCUT2D eigenvalue weighted by Gasteiger charge is -2.00. The second-order valence-electron chi connectivity index (χ2n) is 2.73. The SMILES string of the molecule is NCC#CCNc1ncnc2nc[nH]c12. The Balaban J connectivity index is 2.17. The number of nitrogens with one attached hydrogen (secondary N) is 2. The Morgan fingerprint density at radius 3 is 3.13 bits per heavy atom. The standard InChI is InChI=1S/C9H10N6/c10-3-1-2-4-11-8-7-9(13-5-12-7)15-6-14-8/h5-6H,3-4,10H2,(H2,11,12,13,14,15). The van der Waals surface area contributed by atoms with Crippen LogP contribution in [-0.4, -0.2) is 33.0 Å².